The van der Waals surface area contributed by atoms with Crippen LogP contribution in [0, 0.1) is 5.92 Å². The Hall–Kier alpha value is -1.92. The first kappa shape index (κ1) is 17.9. The van der Waals surface area contributed by atoms with E-state index in [9.17, 15) is 9.59 Å². The Bertz CT molecular complexity index is 565. The molecule has 2 aliphatic heterocycles. The number of hydrogen-bond acceptors (Lipinski definition) is 4. The van der Waals surface area contributed by atoms with Crippen molar-refractivity contribution in [2.45, 2.75) is 31.8 Å². The number of nitrogens with one attached hydrogen (secondary N) is 2. The van der Waals surface area contributed by atoms with E-state index in [1.165, 1.54) is 0 Å². The summed E-state index contributed by atoms with van der Waals surface area (Å²) >= 11 is 0. The molecule has 3 rings (SSSR count). The lowest BCUT2D eigenvalue weighted by Crippen LogP contribution is -2.45. The summed E-state index contributed by atoms with van der Waals surface area (Å²) in [4.78, 5) is 26.4. The van der Waals surface area contributed by atoms with E-state index in [1.807, 2.05) is 35.2 Å². The van der Waals surface area contributed by atoms with Crippen LogP contribution in [0.1, 0.15) is 25.7 Å². The van der Waals surface area contributed by atoms with Crippen molar-refractivity contribution in [3.05, 3.63) is 30.3 Å². The summed E-state index contributed by atoms with van der Waals surface area (Å²) < 4.78 is 5.54. The summed E-state index contributed by atoms with van der Waals surface area (Å²) in [6, 6.07) is 9.50. The van der Waals surface area contributed by atoms with Crippen molar-refractivity contribution < 1.29 is 14.3 Å². The molecule has 1 atom stereocenters. The molecule has 6 nitrogen and oxygen atoms in total. The number of nitrogens with zero attached hydrogens (tertiary/aromatic N) is 1. The SMILES string of the molecule is O=C(Nc1ccccc1)C1CCN(C(=O)CNCC2CCCO2)CC1. The van der Waals surface area contributed by atoms with Crippen LogP contribution in [0.15, 0.2) is 30.3 Å². The minimum Gasteiger partial charge on any atom is -0.377 e. The van der Waals surface area contributed by atoms with Crippen molar-refractivity contribution in [1.82, 2.24) is 10.2 Å². The summed E-state index contributed by atoms with van der Waals surface area (Å²) in [5.41, 5.74) is 0.823. The molecule has 25 heavy (non-hydrogen) atoms. The van der Waals surface area contributed by atoms with Gasteiger partial charge in [-0.1, -0.05) is 18.2 Å². The van der Waals surface area contributed by atoms with Gasteiger partial charge in [0, 0.05) is 37.8 Å². The Labute approximate surface area is 148 Å². The molecule has 2 N–H and O–H groups in total. The van der Waals surface area contributed by atoms with Crippen molar-refractivity contribution in [3.8, 4) is 0 Å². The first-order chi connectivity index (χ1) is 12.2. The molecule has 1 aromatic carbocycles. The fourth-order valence-corrected chi connectivity index (χ4v) is 3.41. The molecule has 136 valence electrons. The second-order valence-corrected chi connectivity index (χ2v) is 6.78. The number of carbonyl (C=O) groups excluding carboxylic acids is 2. The fourth-order valence-electron chi connectivity index (χ4n) is 3.41. The monoisotopic (exact) mass is 345 g/mol. The Balaban J connectivity index is 1.36. The van der Waals surface area contributed by atoms with Crippen molar-refractivity contribution in [1.29, 1.82) is 0 Å². The number of likely N-dealkylation sites (tertiary alicyclic amines) is 1. The van der Waals surface area contributed by atoms with Crippen molar-refractivity contribution >= 4 is 17.5 Å². The van der Waals surface area contributed by atoms with Gasteiger partial charge in [-0.3, -0.25) is 9.59 Å². The highest BCUT2D eigenvalue weighted by atomic mass is 16.5. The van der Waals surface area contributed by atoms with Gasteiger partial charge < -0.3 is 20.3 Å². The highest BCUT2D eigenvalue weighted by Crippen LogP contribution is 2.19. The van der Waals surface area contributed by atoms with Gasteiger partial charge in [-0.25, -0.2) is 0 Å². The third-order valence-electron chi connectivity index (χ3n) is 4.93. The minimum atomic E-state index is -0.0240. The van der Waals surface area contributed by atoms with E-state index in [-0.39, 0.29) is 23.8 Å². The van der Waals surface area contributed by atoms with Crippen LogP contribution in [0.25, 0.3) is 0 Å². The van der Waals surface area contributed by atoms with Crippen LogP contribution in [0.2, 0.25) is 0 Å². The third kappa shape index (κ3) is 5.28. The molecule has 0 bridgehead atoms. The van der Waals surface area contributed by atoms with E-state index >= 15 is 0 Å². The molecule has 0 aromatic heterocycles. The Morgan fingerprint density at radius 1 is 1.12 bits per heavy atom. The zero-order chi connectivity index (χ0) is 17.5. The molecule has 2 saturated heterocycles. The number of amides is 2. The second-order valence-electron chi connectivity index (χ2n) is 6.78. The molecule has 0 radical (unpaired) electrons. The predicted octanol–water partition coefficient (Wildman–Crippen LogP) is 1.63. The second kappa shape index (κ2) is 8.97. The van der Waals surface area contributed by atoms with Gasteiger partial charge in [0.25, 0.3) is 0 Å². The van der Waals surface area contributed by atoms with Gasteiger partial charge in [0.15, 0.2) is 0 Å². The average molecular weight is 345 g/mol. The van der Waals surface area contributed by atoms with Gasteiger partial charge in [-0.15, -0.1) is 0 Å². The number of piperidine rings is 1. The van der Waals surface area contributed by atoms with Gasteiger partial charge in [0.05, 0.1) is 12.6 Å². The maximum absolute atomic E-state index is 12.3. The van der Waals surface area contributed by atoms with E-state index in [2.05, 4.69) is 10.6 Å². The Morgan fingerprint density at radius 2 is 1.88 bits per heavy atom. The van der Waals surface area contributed by atoms with Gasteiger partial charge in [0.2, 0.25) is 11.8 Å². The van der Waals surface area contributed by atoms with Crippen LogP contribution in [0.4, 0.5) is 5.69 Å². The average Bonchev–Trinajstić information content (AvgIpc) is 3.16. The first-order valence-corrected chi connectivity index (χ1v) is 9.18. The zero-order valence-electron chi connectivity index (χ0n) is 14.6. The molecular formula is C19H27N3O3. The van der Waals surface area contributed by atoms with E-state index < -0.39 is 0 Å². The normalized spacial score (nSPS) is 21.3. The summed E-state index contributed by atoms with van der Waals surface area (Å²) in [5, 5.41) is 6.15. The van der Waals surface area contributed by atoms with Gasteiger partial charge in [0.1, 0.15) is 0 Å². The highest BCUT2D eigenvalue weighted by Gasteiger charge is 2.27. The third-order valence-corrected chi connectivity index (χ3v) is 4.93. The van der Waals surface area contributed by atoms with Crippen LogP contribution in [0.5, 0.6) is 0 Å². The maximum atomic E-state index is 12.3. The molecular weight excluding hydrogens is 318 g/mol. The highest BCUT2D eigenvalue weighted by molar-refractivity contribution is 5.92. The van der Waals surface area contributed by atoms with E-state index in [4.69, 9.17) is 4.74 Å². The van der Waals surface area contributed by atoms with E-state index in [0.717, 1.165) is 44.5 Å². The predicted molar refractivity (Wildman–Crippen MR) is 96.2 cm³/mol. The van der Waals surface area contributed by atoms with Crippen LogP contribution in [-0.4, -0.2) is 55.6 Å². The standard InChI is InChI=1S/C19H27N3O3/c23-18(14-20-13-17-7-4-12-25-17)22-10-8-15(9-11-22)19(24)21-16-5-2-1-3-6-16/h1-3,5-6,15,17,20H,4,7-14H2,(H,21,24). The number of para-hydroxylation sites is 1. The van der Waals surface area contributed by atoms with Crippen LogP contribution >= 0.6 is 0 Å². The van der Waals surface area contributed by atoms with Gasteiger partial charge in [-0.05, 0) is 37.8 Å². The Morgan fingerprint density at radius 3 is 2.56 bits per heavy atom. The van der Waals surface area contributed by atoms with Crippen LogP contribution in [0.3, 0.4) is 0 Å². The number of hydrogen-bond donors (Lipinski definition) is 2. The zero-order valence-corrected chi connectivity index (χ0v) is 14.6. The number of benzene rings is 1. The van der Waals surface area contributed by atoms with Crippen molar-refractivity contribution in [2.24, 2.45) is 5.92 Å². The lowest BCUT2D eigenvalue weighted by atomic mass is 9.95. The quantitative estimate of drug-likeness (QED) is 0.822. The molecule has 0 spiro atoms. The van der Waals surface area contributed by atoms with Crippen LogP contribution < -0.4 is 10.6 Å². The first-order valence-electron chi connectivity index (χ1n) is 9.18. The minimum absolute atomic E-state index is 0.0240. The smallest absolute Gasteiger partial charge is 0.236 e. The molecule has 6 heteroatoms. The van der Waals surface area contributed by atoms with E-state index in [0.29, 0.717) is 19.6 Å². The molecule has 2 heterocycles. The molecule has 1 aromatic rings. The topological polar surface area (TPSA) is 70.7 Å². The molecule has 2 aliphatic rings. The van der Waals surface area contributed by atoms with Gasteiger partial charge >= 0.3 is 0 Å². The van der Waals surface area contributed by atoms with Crippen molar-refractivity contribution in [3.63, 3.8) is 0 Å². The largest absolute Gasteiger partial charge is 0.377 e. The summed E-state index contributed by atoms with van der Waals surface area (Å²) in [5.74, 6) is 0.138. The van der Waals surface area contributed by atoms with E-state index in [1.54, 1.807) is 0 Å². The lowest BCUT2D eigenvalue weighted by molar-refractivity contribution is -0.133. The number of rotatable bonds is 6. The molecule has 0 aliphatic carbocycles. The van der Waals surface area contributed by atoms with Crippen molar-refractivity contribution in [2.75, 3.05) is 38.1 Å². The summed E-state index contributed by atoms with van der Waals surface area (Å²) in [6.45, 7) is 3.21. The maximum Gasteiger partial charge on any atom is 0.236 e. The molecule has 0 saturated carbocycles. The summed E-state index contributed by atoms with van der Waals surface area (Å²) in [7, 11) is 0. The fraction of sp³-hybridized carbons (Fsp3) is 0.579. The lowest BCUT2D eigenvalue weighted by Gasteiger charge is -2.31. The molecule has 1 unspecified atom stereocenters. The molecule has 2 fully saturated rings. The summed E-state index contributed by atoms with van der Waals surface area (Å²) in [6.07, 6.45) is 3.87. The number of ether oxygens (including phenoxy) is 1. The molecule has 2 amide bonds. The number of carbonyl (C=O) groups is 2. The number of anilines is 1. The van der Waals surface area contributed by atoms with Gasteiger partial charge in [-0.2, -0.15) is 0 Å². The van der Waals surface area contributed by atoms with Crippen LogP contribution in [-0.2, 0) is 14.3 Å². The Kier molecular flexibility index (Phi) is 6.42.